The van der Waals surface area contributed by atoms with Crippen LogP contribution in [0.1, 0.15) is 12.8 Å². The third-order valence-corrected chi connectivity index (χ3v) is 1.92. The fraction of sp³-hybridized carbons (Fsp3) is 1.00. The molecule has 0 aromatic rings. The molecular weight excluding hydrogens is 175 g/mol. The van der Waals surface area contributed by atoms with Crippen LogP contribution in [0.2, 0.25) is 0 Å². The molecule has 0 aliphatic carbocycles. The average Bonchev–Trinajstić information content (AvgIpc) is 1.99. The fourth-order valence-electron chi connectivity index (χ4n) is 0.498. The third-order valence-electron chi connectivity index (χ3n) is 1.13. The lowest BCUT2D eigenvalue weighted by Crippen LogP contribution is -2.07. The van der Waals surface area contributed by atoms with E-state index in [1.165, 1.54) is 0 Å². The predicted molar refractivity (Wildman–Crippen MR) is 42.5 cm³/mol. The van der Waals surface area contributed by atoms with Crippen LogP contribution in [-0.4, -0.2) is 25.3 Å². The van der Waals surface area contributed by atoms with E-state index in [-0.39, 0.29) is 11.1 Å². The van der Waals surface area contributed by atoms with Gasteiger partial charge in [-0.2, -0.15) is 0 Å². The fourth-order valence-corrected chi connectivity index (χ4v) is 0.750. The van der Waals surface area contributed by atoms with Crippen LogP contribution in [0.4, 0.5) is 0 Å². The summed E-state index contributed by atoms with van der Waals surface area (Å²) in [4.78, 5) is 0. The Morgan fingerprint density at radius 3 is 1.50 bits per heavy atom. The number of methoxy groups -OCH3 is 2. The lowest BCUT2D eigenvalue weighted by atomic mass is 10.3. The van der Waals surface area contributed by atoms with Gasteiger partial charge in [-0.05, 0) is 12.8 Å². The maximum atomic E-state index is 5.63. The molecule has 2 nitrogen and oxygen atoms in total. The molecule has 0 bridgehead atoms. The average molecular weight is 187 g/mol. The van der Waals surface area contributed by atoms with Crippen molar-refractivity contribution in [3.8, 4) is 0 Å². The summed E-state index contributed by atoms with van der Waals surface area (Å²) in [6, 6.07) is 0. The van der Waals surface area contributed by atoms with E-state index < -0.39 is 0 Å². The van der Waals surface area contributed by atoms with Crippen molar-refractivity contribution in [1.29, 1.82) is 0 Å². The van der Waals surface area contributed by atoms with Gasteiger partial charge in [-0.3, -0.25) is 0 Å². The van der Waals surface area contributed by atoms with Crippen LogP contribution < -0.4 is 0 Å². The Bertz CT molecular complexity index is 70.1. The van der Waals surface area contributed by atoms with E-state index in [1.807, 2.05) is 0 Å². The van der Waals surface area contributed by atoms with Crippen molar-refractivity contribution in [2.24, 2.45) is 0 Å². The van der Waals surface area contributed by atoms with Crippen LogP contribution >= 0.6 is 23.2 Å². The van der Waals surface area contributed by atoms with Crippen LogP contribution in [0.5, 0.6) is 0 Å². The van der Waals surface area contributed by atoms with Crippen molar-refractivity contribution in [3.63, 3.8) is 0 Å². The molecule has 0 spiro atoms. The number of hydrogen-bond donors (Lipinski definition) is 0. The Morgan fingerprint density at radius 2 is 1.30 bits per heavy atom. The Labute approximate surface area is 71.4 Å². The van der Waals surface area contributed by atoms with Gasteiger partial charge in [-0.25, -0.2) is 0 Å². The zero-order chi connectivity index (χ0) is 7.98. The molecule has 0 heterocycles. The summed E-state index contributed by atoms with van der Waals surface area (Å²) in [7, 11) is 3.13. The Morgan fingerprint density at radius 1 is 1.00 bits per heavy atom. The molecule has 0 saturated carbocycles. The molecule has 0 radical (unpaired) electrons. The van der Waals surface area contributed by atoms with Gasteiger partial charge in [0.2, 0.25) is 0 Å². The van der Waals surface area contributed by atoms with Crippen LogP contribution in [0.25, 0.3) is 0 Å². The summed E-state index contributed by atoms with van der Waals surface area (Å²) in [6.45, 7) is 0. The highest BCUT2D eigenvalue weighted by Gasteiger charge is 2.06. The summed E-state index contributed by atoms with van der Waals surface area (Å²) >= 11 is 11.3. The topological polar surface area (TPSA) is 18.5 Å². The molecule has 0 aromatic carbocycles. The Balaban J connectivity index is 3.17. The molecule has 0 N–H and O–H groups in total. The number of hydrogen-bond acceptors (Lipinski definition) is 2. The summed E-state index contributed by atoms with van der Waals surface area (Å²) in [5, 5.41) is 0. The number of halogens is 2. The predicted octanol–water partition coefficient (Wildman–Crippen LogP) is 2.19. The van der Waals surface area contributed by atoms with Gasteiger partial charge in [0.15, 0.2) is 0 Å². The third kappa shape index (κ3) is 5.30. The van der Waals surface area contributed by atoms with E-state index >= 15 is 0 Å². The van der Waals surface area contributed by atoms with Crippen molar-refractivity contribution in [1.82, 2.24) is 0 Å². The van der Waals surface area contributed by atoms with Crippen molar-refractivity contribution >= 4 is 23.2 Å². The number of ether oxygens (including phenoxy) is 2. The molecule has 0 fully saturated rings. The standard InChI is InChI=1S/C6H12Cl2O2/c1-9-5(7)3-4-6(8)10-2/h5-6H,3-4H2,1-2H3. The minimum absolute atomic E-state index is 0.253. The van der Waals surface area contributed by atoms with E-state index in [9.17, 15) is 0 Å². The minimum Gasteiger partial charge on any atom is -0.366 e. The van der Waals surface area contributed by atoms with E-state index in [0.29, 0.717) is 12.8 Å². The number of rotatable bonds is 5. The molecule has 4 heteroatoms. The molecule has 62 valence electrons. The first-order valence-corrected chi connectivity index (χ1v) is 3.91. The molecule has 0 amide bonds. The highest BCUT2D eigenvalue weighted by atomic mass is 35.5. The van der Waals surface area contributed by atoms with Crippen molar-refractivity contribution < 1.29 is 9.47 Å². The molecular formula is C6H12Cl2O2. The molecule has 0 saturated heterocycles. The molecule has 2 atom stereocenters. The Kier molecular flexibility index (Phi) is 6.54. The van der Waals surface area contributed by atoms with Gasteiger partial charge < -0.3 is 9.47 Å². The molecule has 0 aliphatic heterocycles. The van der Waals surface area contributed by atoms with E-state index in [4.69, 9.17) is 32.7 Å². The first kappa shape index (κ1) is 10.5. The van der Waals surface area contributed by atoms with Crippen molar-refractivity contribution in [2.75, 3.05) is 14.2 Å². The molecule has 2 unspecified atom stereocenters. The van der Waals surface area contributed by atoms with Crippen LogP contribution in [0, 0.1) is 0 Å². The summed E-state index contributed by atoms with van der Waals surface area (Å²) in [5.74, 6) is 0. The highest BCUT2D eigenvalue weighted by Crippen LogP contribution is 2.11. The second-order valence-electron chi connectivity index (χ2n) is 1.87. The first-order chi connectivity index (χ1) is 4.70. The lowest BCUT2D eigenvalue weighted by molar-refractivity contribution is 0.122. The van der Waals surface area contributed by atoms with Gasteiger partial charge in [0, 0.05) is 14.2 Å². The normalized spacial score (nSPS) is 16.8. The summed E-state index contributed by atoms with van der Waals surface area (Å²) in [5.41, 5.74) is -0.507. The van der Waals surface area contributed by atoms with Crippen molar-refractivity contribution in [3.05, 3.63) is 0 Å². The van der Waals surface area contributed by atoms with Crippen LogP contribution in [0.3, 0.4) is 0 Å². The molecule has 0 aliphatic rings. The monoisotopic (exact) mass is 186 g/mol. The Hall–Kier alpha value is 0.500. The molecule has 0 aromatic heterocycles. The first-order valence-electron chi connectivity index (χ1n) is 3.04. The van der Waals surface area contributed by atoms with Gasteiger partial charge in [0.05, 0.1) is 0 Å². The van der Waals surface area contributed by atoms with Gasteiger partial charge in [-0.1, -0.05) is 23.2 Å². The van der Waals surface area contributed by atoms with Gasteiger partial charge in [0.25, 0.3) is 0 Å². The summed E-state index contributed by atoms with van der Waals surface area (Å²) in [6.07, 6.45) is 1.42. The van der Waals surface area contributed by atoms with Gasteiger partial charge >= 0.3 is 0 Å². The van der Waals surface area contributed by atoms with E-state index in [1.54, 1.807) is 14.2 Å². The van der Waals surface area contributed by atoms with Crippen LogP contribution in [0.15, 0.2) is 0 Å². The zero-order valence-corrected chi connectivity index (χ0v) is 7.65. The lowest BCUT2D eigenvalue weighted by Gasteiger charge is -2.09. The molecule has 10 heavy (non-hydrogen) atoms. The highest BCUT2D eigenvalue weighted by molar-refractivity contribution is 6.20. The van der Waals surface area contributed by atoms with Crippen molar-refractivity contribution in [2.45, 2.75) is 24.0 Å². The van der Waals surface area contributed by atoms with E-state index in [0.717, 1.165) is 0 Å². The number of alkyl halides is 2. The van der Waals surface area contributed by atoms with E-state index in [2.05, 4.69) is 0 Å². The van der Waals surface area contributed by atoms with Crippen LogP contribution in [-0.2, 0) is 9.47 Å². The second-order valence-corrected chi connectivity index (χ2v) is 2.84. The smallest absolute Gasteiger partial charge is 0.130 e. The SMILES string of the molecule is COC(Cl)CCC(Cl)OC. The van der Waals surface area contributed by atoms with Gasteiger partial charge in [0.1, 0.15) is 11.1 Å². The summed E-state index contributed by atoms with van der Waals surface area (Å²) < 4.78 is 9.59. The maximum absolute atomic E-state index is 5.63. The maximum Gasteiger partial charge on any atom is 0.130 e. The zero-order valence-electron chi connectivity index (χ0n) is 6.14. The quantitative estimate of drug-likeness (QED) is 0.614. The molecule has 0 rings (SSSR count). The second kappa shape index (κ2) is 6.23. The van der Waals surface area contributed by atoms with Gasteiger partial charge in [-0.15, -0.1) is 0 Å². The minimum atomic E-state index is -0.253. The largest absolute Gasteiger partial charge is 0.366 e.